The van der Waals surface area contributed by atoms with Crippen LogP contribution in [0.4, 0.5) is 0 Å². The third kappa shape index (κ3) is 3.85. The summed E-state index contributed by atoms with van der Waals surface area (Å²) in [6.45, 7) is 3.09. The van der Waals surface area contributed by atoms with Gasteiger partial charge < -0.3 is 5.32 Å². The summed E-state index contributed by atoms with van der Waals surface area (Å²) in [4.78, 5) is 1.37. The highest BCUT2D eigenvalue weighted by Crippen LogP contribution is 2.21. The van der Waals surface area contributed by atoms with E-state index in [1.165, 1.54) is 16.2 Å². The summed E-state index contributed by atoms with van der Waals surface area (Å²) in [5.74, 6) is 0. The van der Waals surface area contributed by atoms with E-state index in [0.29, 0.717) is 6.04 Å². The number of hydrogen-bond acceptors (Lipinski definition) is 3. The van der Waals surface area contributed by atoms with Crippen molar-refractivity contribution in [3.63, 3.8) is 0 Å². The van der Waals surface area contributed by atoms with Crippen molar-refractivity contribution >= 4 is 11.8 Å². The second-order valence-electron chi connectivity index (χ2n) is 4.74. The van der Waals surface area contributed by atoms with Crippen LogP contribution >= 0.6 is 11.8 Å². The first-order valence-electron chi connectivity index (χ1n) is 6.53. The van der Waals surface area contributed by atoms with Gasteiger partial charge in [0, 0.05) is 30.7 Å². The van der Waals surface area contributed by atoms with Gasteiger partial charge in [0.1, 0.15) is 0 Å². The predicted octanol–water partition coefficient (Wildman–Crippen LogP) is 2.86. The summed E-state index contributed by atoms with van der Waals surface area (Å²) in [5.41, 5.74) is 2.63. The highest BCUT2D eigenvalue weighted by molar-refractivity contribution is 7.98. The van der Waals surface area contributed by atoms with Gasteiger partial charge >= 0.3 is 0 Å². The van der Waals surface area contributed by atoms with Crippen LogP contribution in [0.25, 0.3) is 0 Å². The van der Waals surface area contributed by atoms with Crippen LogP contribution in [0.2, 0.25) is 0 Å². The minimum absolute atomic E-state index is 0.447. The maximum atomic E-state index is 4.18. The average molecular weight is 275 g/mol. The zero-order chi connectivity index (χ0) is 13.7. The lowest BCUT2D eigenvalue weighted by molar-refractivity contribution is 0.523. The van der Waals surface area contributed by atoms with Crippen LogP contribution in [-0.4, -0.2) is 22.1 Å². The first-order valence-corrected chi connectivity index (χ1v) is 7.75. The highest BCUT2D eigenvalue weighted by Gasteiger charge is 2.07. The fourth-order valence-electron chi connectivity index (χ4n) is 2.13. The van der Waals surface area contributed by atoms with Crippen molar-refractivity contribution in [3.8, 4) is 0 Å². The van der Waals surface area contributed by atoms with Gasteiger partial charge in [0.05, 0.1) is 5.69 Å². The van der Waals surface area contributed by atoms with Crippen molar-refractivity contribution in [1.82, 2.24) is 15.1 Å². The molecule has 0 unspecified atom stereocenters. The molecule has 0 aliphatic rings. The van der Waals surface area contributed by atoms with Crippen molar-refractivity contribution in [2.24, 2.45) is 7.05 Å². The largest absolute Gasteiger partial charge is 0.308 e. The molecule has 1 atom stereocenters. The molecule has 19 heavy (non-hydrogen) atoms. The molecule has 2 aromatic rings. The van der Waals surface area contributed by atoms with Gasteiger partial charge in [-0.1, -0.05) is 18.2 Å². The molecule has 0 saturated carbocycles. The summed E-state index contributed by atoms with van der Waals surface area (Å²) in [6, 6.07) is 11.1. The normalized spacial score (nSPS) is 12.6. The molecule has 0 aliphatic heterocycles. The Morgan fingerprint density at radius 1 is 1.32 bits per heavy atom. The molecule has 0 amide bonds. The van der Waals surface area contributed by atoms with Crippen molar-refractivity contribution in [2.75, 3.05) is 6.26 Å². The molecule has 2 rings (SSSR count). The monoisotopic (exact) mass is 275 g/mol. The predicted molar refractivity (Wildman–Crippen MR) is 81.4 cm³/mol. The molecule has 3 nitrogen and oxygen atoms in total. The molecule has 0 saturated heterocycles. The van der Waals surface area contributed by atoms with E-state index >= 15 is 0 Å². The first-order chi connectivity index (χ1) is 9.20. The SMILES string of the molecule is CSc1ccccc1C[C@H](C)NCc1ccnn1C. The van der Waals surface area contributed by atoms with Gasteiger partial charge in [-0.3, -0.25) is 4.68 Å². The van der Waals surface area contributed by atoms with E-state index in [4.69, 9.17) is 0 Å². The Morgan fingerprint density at radius 2 is 2.11 bits per heavy atom. The van der Waals surface area contributed by atoms with Gasteiger partial charge in [-0.15, -0.1) is 11.8 Å². The van der Waals surface area contributed by atoms with Crippen LogP contribution in [-0.2, 0) is 20.0 Å². The molecule has 0 bridgehead atoms. The number of rotatable bonds is 6. The number of thioether (sulfide) groups is 1. The average Bonchev–Trinajstić information content (AvgIpc) is 2.82. The molecule has 0 radical (unpaired) electrons. The lowest BCUT2D eigenvalue weighted by Crippen LogP contribution is -2.28. The molecule has 0 spiro atoms. The Labute approximate surface area is 119 Å². The van der Waals surface area contributed by atoms with E-state index in [-0.39, 0.29) is 0 Å². The molecular weight excluding hydrogens is 254 g/mol. The van der Waals surface area contributed by atoms with Crippen molar-refractivity contribution in [3.05, 3.63) is 47.8 Å². The minimum Gasteiger partial charge on any atom is -0.308 e. The molecule has 1 aromatic carbocycles. The third-order valence-corrected chi connectivity index (χ3v) is 4.11. The fraction of sp³-hybridized carbons (Fsp3) is 0.400. The van der Waals surface area contributed by atoms with Crippen LogP contribution in [0.3, 0.4) is 0 Å². The van der Waals surface area contributed by atoms with Crippen molar-refractivity contribution in [2.45, 2.75) is 30.8 Å². The van der Waals surface area contributed by atoms with Crippen molar-refractivity contribution < 1.29 is 0 Å². The van der Waals surface area contributed by atoms with E-state index in [1.54, 1.807) is 0 Å². The highest BCUT2D eigenvalue weighted by atomic mass is 32.2. The number of nitrogens with zero attached hydrogens (tertiary/aromatic N) is 2. The Bertz CT molecular complexity index is 522. The first kappa shape index (κ1) is 14.2. The smallest absolute Gasteiger partial charge is 0.0518 e. The molecular formula is C15H21N3S. The summed E-state index contributed by atoms with van der Waals surface area (Å²) in [7, 11) is 1.98. The molecule has 0 fully saturated rings. The van der Waals surface area contributed by atoms with Crippen molar-refractivity contribution in [1.29, 1.82) is 0 Å². The molecule has 0 aliphatic carbocycles. The summed E-state index contributed by atoms with van der Waals surface area (Å²) in [6.07, 6.45) is 5.02. The number of hydrogen-bond donors (Lipinski definition) is 1. The lowest BCUT2D eigenvalue weighted by atomic mass is 10.1. The summed E-state index contributed by atoms with van der Waals surface area (Å²) >= 11 is 1.81. The van der Waals surface area contributed by atoms with E-state index in [1.807, 2.05) is 29.7 Å². The number of aryl methyl sites for hydroxylation is 1. The zero-order valence-corrected chi connectivity index (χ0v) is 12.6. The number of aromatic nitrogens is 2. The van der Waals surface area contributed by atoms with Gasteiger partial charge in [-0.25, -0.2) is 0 Å². The Morgan fingerprint density at radius 3 is 2.79 bits per heavy atom. The second kappa shape index (κ2) is 6.78. The maximum Gasteiger partial charge on any atom is 0.0518 e. The van der Waals surface area contributed by atoms with Crippen LogP contribution in [0.1, 0.15) is 18.2 Å². The van der Waals surface area contributed by atoms with Gasteiger partial charge in [-0.2, -0.15) is 5.10 Å². The van der Waals surface area contributed by atoms with Gasteiger partial charge in [-0.05, 0) is 37.3 Å². The molecule has 1 N–H and O–H groups in total. The molecule has 1 aromatic heterocycles. The third-order valence-electron chi connectivity index (χ3n) is 3.27. The standard InChI is InChI=1S/C15H21N3S/c1-12(16-11-14-8-9-17-18(14)2)10-13-6-4-5-7-15(13)19-3/h4-9,12,16H,10-11H2,1-3H3/t12-/m0/s1. The van der Waals surface area contributed by atoms with E-state index in [9.17, 15) is 0 Å². The number of nitrogens with one attached hydrogen (secondary N) is 1. The Hall–Kier alpha value is -1.26. The van der Waals surface area contributed by atoms with Crippen LogP contribution in [0.15, 0.2) is 41.4 Å². The Kier molecular flexibility index (Phi) is 5.05. The molecule has 102 valence electrons. The quantitative estimate of drug-likeness (QED) is 0.822. The van der Waals surface area contributed by atoms with E-state index in [0.717, 1.165) is 13.0 Å². The maximum absolute atomic E-state index is 4.18. The van der Waals surface area contributed by atoms with E-state index in [2.05, 4.69) is 53.9 Å². The van der Waals surface area contributed by atoms with Crippen LogP contribution in [0, 0.1) is 0 Å². The van der Waals surface area contributed by atoms with Gasteiger partial charge in [0.25, 0.3) is 0 Å². The second-order valence-corrected chi connectivity index (χ2v) is 5.59. The van der Waals surface area contributed by atoms with Crippen LogP contribution < -0.4 is 5.32 Å². The van der Waals surface area contributed by atoms with Gasteiger partial charge in [0.2, 0.25) is 0 Å². The summed E-state index contributed by atoms with van der Waals surface area (Å²) < 4.78 is 1.91. The summed E-state index contributed by atoms with van der Waals surface area (Å²) in [5, 5.41) is 7.73. The topological polar surface area (TPSA) is 29.9 Å². The van der Waals surface area contributed by atoms with Crippen LogP contribution in [0.5, 0.6) is 0 Å². The molecule has 1 heterocycles. The van der Waals surface area contributed by atoms with Gasteiger partial charge in [0.15, 0.2) is 0 Å². The number of benzene rings is 1. The molecule has 4 heteroatoms. The minimum atomic E-state index is 0.447. The van der Waals surface area contributed by atoms with E-state index < -0.39 is 0 Å². The Balaban J connectivity index is 1.90. The zero-order valence-electron chi connectivity index (χ0n) is 11.8. The lowest BCUT2D eigenvalue weighted by Gasteiger charge is -2.15. The fourth-order valence-corrected chi connectivity index (χ4v) is 2.76.